The quantitative estimate of drug-likeness (QED) is 0.851. The number of fused-ring (bicyclic) bond motifs is 1. The van der Waals surface area contributed by atoms with E-state index < -0.39 is 5.63 Å². The first-order valence-electron chi connectivity index (χ1n) is 5.61. The Bertz CT molecular complexity index is 702. The Balaban J connectivity index is 3.10. The van der Waals surface area contributed by atoms with Gasteiger partial charge in [0.25, 0.3) is 0 Å². The van der Waals surface area contributed by atoms with Crippen LogP contribution in [0.2, 0.25) is 0 Å². The largest absolute Gasteiger partial charge is 0.507 e. The molecule has 0 saturated carbocycles. The van der Waals surface area contributed by atoms with Crippen LogP contribution in [0.3, 0.4) is 0 Å². The molecule has 2 aromatic rings. The van der Waals surface area contributed by atoms with Crippen LogP contribution in [-0.4, -0.2) is 33.5 Å². The molecule has 0 fully saturated rings. The summed E-state index contributed by atoms with van der Waals surface area (Å²) >= 11 is 0. The van der Waals surface area contributed by atoms with Crippen LogP contribution in [0.15, 0.2) is 15.3 Å². The molecule has 7 nitrogen and oxygen atoms in total. The highest BCUT2D eigenvalue weighted by atomic mass is 16.5. The van der Waals surface area contributed by atoms with Crippen molar-refractivity contribution in [2.75, 3.05) is 28.4 Å². The summed E-state index contributed by atoms with van der Waals surface area (Å²) < 4.78 is 26.0. The number of methoxy groups -OCH3 is 4. The zero-order valence-corrected chi connectivity index (χ0v) is 11.5. The fourth-order valence-electron chi connectivity index (χ4n) is 2.03. The summed E-state index contributed by atoms with van der Waals surface area (Å²) in [4.78, 5) is 11.4. The van der Waals surface area contributed by atoms with E-state index in [1.165, 1.54) is 28.4 Å². The van der Waals surface area contributed by atoms with Crippen LogP contribution in [0.25, 0.3) is 11.0 Å². The molecule has 0 aliphatic heterocycles. The van der Waals surface area contributed by atoms with Gasteiger partial charge in [-0.1, -0.05) is 0 Å². The third-order valence-electron chi connectivity index (χ3n) is 2.81. The van der Waals surface area contributed by atoms with Crippen molar-refractivity contribution in [2.24, 2.45) is 0 Å². The highest BCUT2D eigenvalue weighted by Gasteiger charge is 2.27. The average molecular weight is 282 g/mol. The van der Waals surface area contributed by atoms with Crippen molar-refractivity contribution in [1.82, 2.24) is 0 Å². The Hall–Kier alpha value is -2.57. The monoisotopic (exact) mass is 282 g/mol. The third-order valence-corrected chi connectivity index (χ3v) is 2.81. The number of aromatic hydroxyl groups is 1. The number of ether oxygens (including phenoxy) is 4. The van der Waals surface area contributed by atoms with Crippen molar-refractivity contribution in [3.05, 3.63) is 16.5 Å². The standard InChI is InChI=1S/C13H14O7/c1-16-9-8-6(14)5-7(15)20-10(8)12(18-3)13(19-4)11(9)17-2/h5,14H,1-4H3. The van der Waals surface area contributed by atoms with E-state index in [-0.39, 0.29) is 39.7 Å². The van der Waals surface area contributed by atoms with E-state index in [1.807, 2.05) is 0 Å². The van der Waals surface area contributed by atoms with Crippen molar-refractivity contribution >= 4 is 11.0 Å². The highest BCUT2D eigenvalue weighted by Crippen LogP contribution is 2.52. The predicted octanol–water partition coefficient (Wildman–Crippen LogP) is 1.53. The smallest absolute Gasteiger partial charge is 0.340 e. The summed E-state index contributed by atoms with van der Waals surface area (Å²) in [5.74, 6) is 0.443. The molecule has 1 aromatic carbocycles. The Morgan fingerprint density at radius 1 is 0.900 bits per heavy atom. The van der Waals surface area contributed by atoms with Gasteiger partial charge in [-0.15, -0.1) is 0 Å². The van der Waals surface area contributed by atoms with E-state index in [9.17, 15) is 9.90 Å². The Kier molecular flexibility index (Phi) is 3.60. The van der Waals surface area contributed by atoms with E-state index in [4.69, 9.17) is 23.4 Å². The second kappa shape index (κ2) is 5.20. The number of benzene rings is 1. The summed E-state index contributed by atoms with van der Waals surface area (Å²) in [6.45, 7) is 0. The lowest BCUT2D eigenvalue weighted by atomic mass is 10.1. The van der Waals surface area contributed by atoms with Crippen LogP contribution in [0.5, 0.6) is 28.7 Å². The maximum Gasteiger partial charge on any atom is 0.340 e. The first kappa shape index (κ1) is 13.9. The van der Waals surface area contributed by atoms with Gasteiger partial charge in [0.05, 0.1) is 34.5 Å². The summed E-state index contributed by atoms with van der Waals surface area (Å²) in [7, 11) is 5.61. The Morgan fingerprint density at radius 3 is 1.90 bits per heavy atom. The Labute approximate surface area is 114 Å². The fraction of sp³-hybridized carbons (Fsp3) is 0.308. The molecule has 0 spiro atoms. The minimum Gasteiger partial charge on any atom is -0.507 e. The van der Waals surface area contributed by atoms with Gasteiger partial charge < -0.3 is 28.5 Å². The zero-order chi connectivity index (χ0) is 14.9. The number of rotatable bonds is 4. The lowest BCUT2D eigenvalue weighted by Gasteiger charge is -2.17. The van der Waals surface area contributed by atoms with Gasteiger partial charge in [-0.2, -0.15) is 0 Å². The lowest BCUT2D eigenvalue weighted by Crippen LogP contribution is -2.03. The molecule has 0 unspecified atom stereocenters. The molecule has 2 rings (SSSR count). The highest BCUT2D eigenvalue weighted by molar-refractivity contribution is 5.98. The van der Waals surface area contributed by atoms with E-state index >= 15 is 0 Å². The van der Waals surface area contributed by atoms with Gasteiger partial charge >= 0.3 is 5.63 Å². The molecule has 0 saturated heterocycles. The molecule has 0 radical (unpaired) electrons. The van der Waals surface area contributed by atoms with Crippen LogP contribution in [0.1, 0.15) is 0 Å². The fourth-order valence-corrected chi connectivity index (χ4v) is 2.03. The second-order valence-corrected chi connectivity index (χ2v) is 3.79. The first-order valence-corrected chi connectivity index (χ1v) is 5.61. The van der Waals surface area contributed by atoms with Crippen LogP contribution < -0.4 is 24.6 Å². The molecular weight excluding hydrogens is 268 g/mol. The minimum absolute atomic E-state index is 0.0204. The van der Waals surface area contributed by atoms with E-state index in [2.05, 4.69) is 0 Å². The molecular formula is C13H14O7. The normalized spacial score (nSPS) is 10.4. The zero-order valence-electron chi connectivity index (χ0n) is 11.5. The molecule has 0 aliphatic rings. The second-order valence-electron chi connectivity index (χ2n) is 3.79. The summed E-state index contributed by atoms with van der Waals surface area (Å²) in [6, 6.07) is 0.941. The molecule has 0 bridgehead atoms. The van der Waals surface area contributed by atoms with Gasteiger partial charge in [0.1, 0.15) is 11.1 Å². The minimum atomic E-state index is -0.720. The van der Waals surface area contributed by atoms with Crippen molar-refractivity contribution in [3.63, 3.8) is 0 Å². The SMILES string of the molecule is COc1c(OC)c(OC)c2c(O)cc(=O)oc2c1OC. The number of hydrogen-bond acceptors (Lipinski definition) is 7. The first-order chi connectivity index (χ1) is 9.58. The van der Waals surface area contributed by atoms with Crippen molar-refractivity contribution < 1.29 is 28.5 Å². The third kappa shape index (κ3) is 1.87. The van der Waals surface area contributed by atoms with Gasteiger partial charge in [-0.05, 0) is 0 Å². The topological polar surface area (TPSA) is 87.4 Å². The predicted molar refractivity (Wildman–Crippen MR) is 70.4 cm³/mol. The van der Waals surface area contributed by atoms with Crippen LogP contribution >= 0.6 is 0 Å². The molecule has 0 amide bonds. The van der Waals surface area contributed by atoms with Crippen molar-refractivity contribution in [3.8, 4) is 28.7 Å². The molecule has 7 heteroatoms. The molecule has 1 aromatic heterocycles. The van der Waals surface area contributed by atoms with Crippen molar-refractivity contribution in [1.29, 1.82) is 0 Å². The maximum absolute atomic E-state index is 11.4. The van der Waals surface area contributed by atoms with Crippen molar-refractivity contribution in [2.45, 2.75) is 0 Å². The summed E-state index contributed by atoms with van der Waals surface area (Å²) in [6.07, 6.45) is 0. The van der Waals surface area contributed by atoms with Gasteiger partial charge in [-0.25, -0.2) is 4.79 Å². The molecule has 1 N–H and O–H groups in total. The van der Waals surface area contributed by atoms with Gasteiger partial charge in [0.2, 0.25) is 17.2 Å². The summed E-state index contributed by atoms with van der Waals surface area (Å²) in [5.41, 5.74) is -0.699. The van der Waals surface area contributed by atoms with Gasteiger partial charge in [-0.3, -0.25) is 0 Å². The molecule has 0 atom stereocenters. The molecule has 20 heavy (non-hydrogen) atoms. The van der Waals surface area contributed by atoms with Gasteiger partial charge in [0, 0.05) is 0 Å². The lowest BCUT2D eigenvalue weighted by molar-refractivity contribution is 0.305. The van der Waals surface area contributed by atoms with E-state index in [1.54, 1.807) is 0 Å². The van der Waals surface area contributed by atoms with E-state index in [0.717, 1.165) is 6.07 Å². The van der Waals surface area contributed by atoms with Crippen LogP contribution in [-0.2, 0) is 0 Å². The molecule has 108 valence electrons. The van der Waals surface area contributed by atoms with Crippen LogP contribution in [0, 0.1) is 0 Å². The van der Waals surface area contributed by atoms with E-state index in [0.29, 0.717) is 0 Å². The molecule has 1 heterocycles. The summed E-state index contributed by atoms with van der Waals surface area (Å²) in [5, 5.41) is 10.1. The maximum atomic E-state index is 11.4. The van der Waals surface area contributed by atoms with Crippen LogP contribution in [0.4, 0.5) is 0 Å². The Morgan fingerprint density at radius 2 is 1.40 bits per heavy atom. The van der Waals surface area contributed by atoms with Gasteiger partial charge in [0.15, 0.2) is 11.3 Å². The molecule has 0 aliphatic carbocycles. The average Bonchev–Trinajstić information content (AvgIpc) is 2.44. The number of hydrogen-bond donors (Lipinski definition) is 1.